The fourth-order valence-electron chi connectivity index (χ4n) is 1.56. The van der Waals surface area contributed by atoms with Gasteiger partial charge in [0, 0.05) is 10.9 Å². The molecule has 6 nitrogen and oxygen atoms in total. The molecule has 2 aromatic rings. The maximum Gasteiger partial charge on any atom is 0.289 e. The highest BCUT2D eigenvalue weighted by molar-refractivity contribution is 7.11. The highest BCUT2D eigenvalue weighted by Gasteiger charge is 2.11. The molecule has 0 aliphatic carbocycles. The Balaban J connectivity index is 2.12. The topological polar surface area (TPSA) is 81.0 Å². The van der Waals surface area contributed by atoms with Gasteiger partial charge in [0.15, 0.2) is 0 Å². The van der Waals surface area contributed by atoms with Gasteiger partial charge in [-0.05, 0) is 13.8 Å². The van der Waals surface area contributed by atoms with Gasteiger partial charge in [0.05, 0.1) is 27.2 Å². The number of aryl methyl sites for hydroxylation is 2. The Bertz CT molecular complexity index is 629. The van der Waals surface area contributed by atoms with E-state index in [9.17, 15) is 10.1 Å². The summed E-state index contributed by atoms with van der Waals surface area (Å²) in [5.41, 5.74) is 0.801. The molecule has 1 N–H and O–H groups in total. The van der Waals surface area contributed by atoms with Gasteiger partial charge in [0.2, 0.25) is 0 Å². The summed E-state index contributed by atoms with van der Waals surface area (Å²) in [5, 5.41) is 14.8. The third-order valence-electron chi connectivity index (χ3n) is 2.46. The minimum Gasteiger partial charge on any atom is -0.363 e. The molecule has 2 heterocycles. The highest BCUT2D eigenvalue weighted by Crippen LogP contribution is 2.25. The van der Waals surface area contributed by atoms with Crippen molar-refractivity contribution in [1.82, 2.24) is 9.97 Å². The maximum atomic E-state index is 10.6. The number of aromatic nitrogens is 2. The molecule has 0 aliphatic heterocycles. The molecule has 100 valence electrons. The summed E-state index contributed by atoms with van der Waals surface area (Å²) in [4.78, 5) is 19.5. The van der Waals surface area contributed by atoms with Crippen molar-refractivity contribution in [1.29, 1.82) is 0 Å². The lowest BCUT2D eigenvalue weighted by atomic mass is 10.3. The number of halogens is 1. The van der Waals surface area contributed by atoms with Gasteiger partial charge in [-0.15, -0.1) is 11.3 Å². The first-order valence-electron chi connectivity index (χ1n) is 5.44. The zero-order valence-electron chi connectivity index (χ0n) is 10.3. The number of rotatable bonds is 4. The van der Waals surface area contributed by atoms with Gasteiger partial charge in [-0.25, -0.2) is 9.97 Å². The molecule has 0 amide bonds. The van der Waals surface area contributed by atoms with Crippen molar-refractivity contribution >= 4 is 34.4 Å². The second-order valence-electron chi connectivity index (χ2n) is 3.87. The summed E-state index contributed by atoms with van der Waals surface area (Å²) in [7, 11) is 0. The van der Waals surface area contributed by atoms with Crippen molar-refractivity contribution < 1.29 is 4.92 Å². The van der Waals surface area contributed by atoms with E-state index >= 15 is 0 Å². The molecule has 8 heteroatoms. The van der Waals surface area contributed by atoms with Crippen molar-refractivity contribution in [3.8, 4) is 0 Å². The quantitative estimate of drug-likeness (QED) is 0.691. The van der Waals surface area contributed by atoms with E-state index in [1.807, 2.05) is 13.8 Å². The summed E-state index contributed by atoms with van der Waals surface area (Å²) in [6.45, 7) is 4.42. The van der Waals surface area contributed by atoms with E-state index in [1.165, 1.54) is 12.3 Å². The molecule has 0 atom stereocenters. The van der Waals surface area contributed by atoms with Crippen LogP contribution >= 0.6 is 22.9 Å². The molecule has 2 rings (SSSR count). The zero-order chi connectivity index (χ0) is 14.0. The van der Waals surface area contributed by atoms with Gasteiger partial charge in [-0.3, -0.25) is 10.1 Å². The van der Waals surface area contributed by atoms with Crippen LogP contribution in [-0.4, -0.2) is 14.9 Å². The van der Waals surface area contributed by atoms with Crippen LogP contribution in [0.3, 0.4) is 0 Å². The number of nitrogens with one attached hydrogen (secondary N) is 1. The molecule has 0 aromatic carbocycles. The van der Waals surface area contributed by atoms with E-state index in [1.54, 1.807) is 11.3 Å². The molecule has 0 saturated heterocycles. The number of nitrogens with zero attached hydrogens (tertiary/aromatic N) is 3. The van der Waals surface area contributed by atoms with E-state index in [2.05, 4.69) is 15.3 Å². The Labute approximate surface area is 118 Å². The lowest BCUT2D eigenvalue weighted by molar-refractivity contribution is -0.385. The van der Waals surface area contributed by atoms with Gasteiger partial charge in [-0.1, -0.05) is 11.6 Å². The lowest BCUT2D eigenvalue weighted by Crippen LogP contribution is -2.04. The fraction of sp³-hybridized carbons (Fsp3) is 0.273. The first kappa shape index (κ1) is 13.7. The van der Waals surface area contributed by atoms with E-state index < -0.39 is 4.92 Å². The average molecular weight is 299 g/mol. The molecule has 0 unspecified atom stereocenters. The van der Waals surface area contributed by atoms with Gasteiger partial charge < -0.3 is 5.32 Å². The molecule has 0 saturated carbocycles. The maximum absolute atomic E-state index is 10.6. The Kier molecular flexibility index (Phi) is 3.96. The largest absolute Gasteiger partial charge is 0.363 e. The third-order valence-corrected chi connectivity index (χ3v) is 3.68. The molecule has 2 aromatic heterocycles. The van der Waals surface area contributed by atoms with E-state index in [0.29, 0.717) is 12.4 Å². The van der Waals surface area contributed by atoms with Crippen molar-refractivity contribution in [2.45, 2.75) is 20.4 Å². The Morgan fingerprint density at radius 2 is 2.26 bits per heavy atom. The first-order chi connectivity index (χ1) is 8.97. The summed E-state index contributed by atoms with van der Waals surface area (Å²) in [5.74, 6) is 0.414. The summed E-state index contributed by atoms with van der Waals surface area (Å²) < 4.78 is 0. The normalized spacial score (nSPS) is 10.5. The Morgan fingerprint density at radius 1 is 1.53 bits per heavy atom. The smallest absolute Gasteiger partial charge is 0.289 e. The van der Waals surface area contributed by atoms with Crippen molar-refractivity contribution in [2.75, 3.05) is 5.32 Å². The van der Waals surface area contributed by atoms with Crippen LogP contribution in [0.1, 0.15) is 15.6 Å². The zero-order valence-corrected chi connectivity index (χ0v) is 11.9. The van der Waals surface area contributed by atoms with Crippen molar-refractivity contribution in [3.05, 3.63) is 43.0 Å². The molecule has 0 spiro atoms. The second-order valence-corrected chi connectivity index (χ2v) is 5.68. The molecule has 0 fully saturated rings. The van der Waals surface area contributed by atoms with E-state index in [-0.39, 0.29) is 10.7 Å². The van der Waals surface area contributed by atoms with Crippen LogP contribution in [0.15, 0.2) is 12.3 Å². The number of thiazole rings is 1. The number of nitro groups is 1. The van der Waals surface area contributed by atoms with E-state index in [0.717, 1.165) is 15.6 Å². The van der Waals surface area contributed by atoms with Crippen LogP contribution in [0.2, 0.25) is 5.02 Å². The molecular weight excluding hydrogens is 288 g/mol. The van der Waals surface area contributed by atoms with Gasteiger partial charge in [0.1, 0.15) is 12.0 Å². The highest BCUT2D eigenvalue weighted by atomic mass is 35.5. The van der Waals surface area contributed by atoms with Crippen molar-refractivity contribution in [2.24, 2.45) is 0 Å². The van der Waals surface area contributed by atoms with Gasteiger partial charge in [-0.2, -0.15) is 0 Å². The predicted octanol–water partition coefficient (Wildman–Crippen LogP) is 3.33. The summed E-state index contributed by atoms with van der Waals surface area (Å²) in [6, 6.07) is 1.27. The average Bonchev–Trinajstić information content (AvgIpc) is 2.66. The molecular formula is C11H11ClN4O2S. The van der Waals surface area contributed by atoms with Crippen LogP contribution in [0.25, 0.3) is 0 Å². The number of pyridine rings is 1. The lowest BCUT2D eigenvalue weighted by Gasteiger charge is -2.05. The van der Waals surface area contributed by atoms with Crippen LogP contribution in [0.4, 0.5) is 11.5 Å². The number of hydrogen-bond acceptors (Lipinski definition) is 6. The molecule has 0 aliphatic rings. The second kappa shape index (κ2) is 5.50. The third kappa shape index (κ3) is 3.18. The first-order valence-corrected chi connectivity index (χ1v) is 6.63. The van der Waals surface area contributed by atoms with Gasteiger partial charge in [0.25, 0.3) is 5.69 Å². The van der Waals surface area contributed by atoms with Crippen LogP contribution in [-0.2, 0) is 6.54 Å². The fourth-order valence-corrected chi connectivity index (χ4v) is 2.62. The number of anilines is 1. The predicted molar refractivity (Wildman–Crippen MR) is 74.8 cm³/mol. The molecule has 19 heavy (non-hydrogen) atoms. The molecule has 0 radical (unpaired) electrons. The SMILES string of the molecule is Cc1nc(CNc2ncc([N+](=O)[O-])cc2Cl)c(C)s1. The Morgan fingerprint density at radius 3 is 2.79 bits per heavy atom. The standard InChI is InChI=1S/C11H11ClN4O2S/c1-6-10(15-7(2)19-6)5-14-11-9(12)3-8(4-13-11)16(17)18/h3-4H,5H2,1-2H3,(H,13,14). The minimum absolute atomic E-state index is 0.128. The monoisotopic (exact) mass is 298 g/mol. The van der Waals surface area contributed by atoms with Crippen molar-refractivity contribution in [3.63, 3.8) is 0 Å². The Hall–Kier alpha value is -1.73. The summed E-state index contributed by atoms with van der Waals surface area (Å²) >= 11 is 7.56. The van der Waals surface area contributed by atoms with E-state index in [4.69, 9.17) is 11.6 Å². The van der Waals surface area contributed by atoms with Crippen LogP contribution < -0.4 is 5.32 Å². The summed E-state index contributed by atoms with van der Waals surface area (Å²) in [6.07, 6.45) is 1.17. The minimum atomic E-state index is -0.531. The van der Waals surface area contributed by atoms with Gasteiger partial charge >= 0.3 is 0 Å². The number of hydrogen-bond donors (Lipinski definition) is 1. The molecule has 0 bridgehead atoms. The van der Waals surface area contributed by atoms with Crippen LogP contribution in [0, 0.1) is 24.0 Å². The van der Waals surface area contributed by atoms with Crippen LogP contribution in [0.5, 0.6) is 0 Å².